The molecule has 0 atom stereocenters. The number of rotatable bonds is 4. The van der Waals surface area contributed by atoms with Crippen LogP contribution in [0.25, 0.3) is 0 Å². The minimum absolute atomic E-state index is 0.107. The monoisotopic (exact) mass is 285 g/mol. The van der Waals surface area contributed by atoms with Crippen LogP contribution in [0.15, 0.2) is 16.7 Å². The summed E-state index contributed by atoms with van der Waals surface area (Å²) >= 11 is 3.42. The molecule has 16 heavy (non-hydrogen) atoms. The summed E-state index contributed by atoms with van der Waals surface area (Å²) in [6.07, 6.45) is 2.26. The van der Waals surface area contributed by atoms with Crippen molar-refractivity contribution in [3.05, 3.63) is 22.3 Å². The lowest BCUT2D eigenvalue weighted by molar-refractivity contribution is -0.128. The highest BCUT2D eigenvalue weighted by Crippen LogP contribution is 2.20. The number of pyridine rings is 1. The van der Waals surface area contributed by atoms with Crippen LogP contribution in [0.3, 0.4) is 0 Å². The lowest BCUT2D eigenvalue weighted by Gasteiger charge is -2.11. The van der Waals surface area contributed by atoms with E-state index >= 15 is 0 Å². The average Bonchev–Trinajstić information content (AvgIpc) is 2.20. The van der Waals surface area contributed by atoms with Gasteiger partial charge in [-0.25, -0.2) is 4.98 Å². The van der Waals surface area contributed by atoms with Crippen LogP contribution >= 0.6 is 15.9 Å². The number of nitrogens with zero attached hydrogens (tertiary/aromatic N) is 2. The van der Waals surface area contributed by atoms with Gasteiger partial charge in [0.2, 0.25) is 5.91 Å². The topological polar surface area (TPSA) is 45.2 Å². The molecule has 0 bridgehead atoms. The van der Waals surface area contributed by atoms with E-state index in [0.29, 0.717) is 13.0 Å². The van der Waals surface area contributed by atoms with Crippen LogP contribution in [0.2, 0.25) is 0 Å². The molecule has 0 saturated heterocycles. The van der Waals surface area contributed by atoms with Crippen molar-refractivity contribution in [1.29, 1.82) is 0 Å². The van der Waals surface area contributed by atoms with Crippen molar-refractivity contribution >= 4 is 27.7 Å². The van der Waals surface area contributed by atoms with E-state index in [1.54, 1.807) is 25.2 Å². The summed E-state index contributed by atoms with van der Waals surface area (Å²) in [5.74, 6) is 0.882. The first-order chi connectivity index (χ1) is 7.50. The average molecular weight is 286 g/mol. The second-order valence-corrected chi connectivity index (χ2v) is 4.66. The quantitative estimate of drug-likeness (QED) is 0.921. The van der Waals surface area contributed by atoms with Crippen LogP contribution in [-0.2, 0) is 4.79 Å². The maximum atomic E-state index is 11.3. The van der Waals surface area contributed by atoms with E-state index in [4.69, 9.17) is 0 Å². The number of nitrogens with one attached hydrogen (secondary N) is 1. The third-order valence-electron chi connectivity index (χ3n) is 2.11. The highest BCUT2D eigenvalue weighted by atomic mass is 79.9. The van der Waals surface area contributed by atoms with Crippen molar-refractivity contribution in [3.63, 3.8) is 0 Å². The highest BCUT2D eigenvalue weighted by Gasteiger charge is 2.05. The number of amides is 1. The first-order valence-electron chi connectivity index (χ1n) is 5.07. The minimum atomic E-state index is 0.107. The molecule has 88 valence electrons. The molecule has 1 amide bonds. The number of aryl methyl sites for hydroxylation is 1. The molecule has 1 aromatic rings. The van der Waals surface area contributed by atoms with Crippen LogP contribution in [0.4, 0.5) is 5.82 Å². The Morgan fingerprint density at radius 3 is 2.81 bits per heavy atom. The lowest BCUT2D eigenvalue weighted by atomic mass is 10.3. The van der Waals surface area contributed by atoms with E-state index in [1.165, 1.54) is 0 Å². The molecular weight excluding hydrogens is 270 g/mol. The zero-order valence-corrected chi connectivity index (χ0v) is 11.3. The molecule has 0 spiro atoms. The smallest absolute Gasteiger partial charge is 0.223 e. The normalized spacial score (nSPS) is 10.0. The molecular formula is C11H16BrN3O. The predicted molar refractivity (Wildman–Crippen MR) is 68.5 cm³/mol. The molecule has 0 saturated carbocycles. The molecule has 0 aromatic carbocycles. The fraction of sp³-hybridized carbons (Fsp3) is 0.455. The Morgan fingerprint density at radius 2 is 2.25 bits per heavy atom. The van der Waals surface area contributed by atoms with Gasteiger partial charge in [-0.1, -0.05) is 0 Å². The highest BCUT2D eigenvalue weighted by molar-refractivity contribution is 9.10. The van der Waals surface area contributed by atoms with E-state index in [0.717, 1.165) is 15.9 Å². The van der Waals surface area contributed by atoms with Crippen molar-refractivity contribution in [1.82, 2.24) is 9.88 Å². The molecule has 1 heterocycles. The second kappa shape index (κ2) is 5.84. The third-order valence-corrected chi connectivity index (χ3v) is 2.71. The number of hydrogen-bond donors (Lipinski definition) is 1. The molecule has 4 nitrogen and oxygen atoms in total. The van der Waals surface area contributed by atoms with Gasteiger partial charge in [-0.15, -0.1) is 0 Å². The number of hydrogen-bond acceptors (Lipinski definition) is 3. The summed E-state index contributed by atoms with van der Waals surface area (Å²) in [6.45, 7) is 2.57. The van der Waals surface area contributed by atoms with E-state index in [2.05, 4.69) is 26.2 Å². The van der Waals surface area contributed by atoms with Crippen LogP contribution in [0.5, 0.6) is 0 Å². The van der Waals surface area contributed by atoms with E-state index in [9.17, 15) is 4.79 Å². The minimum Gasteiger partial charge on any atom is -0.369 e. The summed E-state index contributed by atoms with van der Waals surface area (Å²) in [6, 6.07) is 1.99. The fourth-order valence-electron chi connectivity index (χ4n) is 1.18. The summed E-state index contributed by atoms with van der Waals surface area (Å²) in [7, 11) is 3.50. The Balaban J connectivity index is 2.46. The van der Waals surface area contributed by atoms with E-state index in [1.807, 2.05) is 13.0 Å². The number of carbonyl (C=O) groups excluding carboxylic acids is 1. The summed E-state index contributed by atoms with van der Waals surface area (Å²) < 4.78 is 0.921. The van der Waals surface area contributed by atoms with Gasteiger partial charge in [0, 0.05) is 33.3 Å². The van der Waals surface area contributed by atoms with Crippen LogP contribution in [-0.4, -0.2) is 36.4 Å². The summed E-state index contributed by atoms with van der Waals surface area (Å²) in [5.41, 5.74) is 1.10. The first kappa shape index (κ1) is 13.0. The largest absolute Gasteiger partial charge is 0.369 e. The van der Waals surface area contributed by atoms with Gasteiger partial charge in [-0.3, -0.25) is 4.79 Å². The molecule has 0 radical (unpaired) electrons. The van der Waals surface area contributed by atoms with Crippen molar-refractivity contribution in [2.75, 3.05) is 26.0 Å². The Morgan fingerprint density at radius 1 is 1.56 bits per heavy atom. The fourth-order valence-corrected chi connectivity index (χ4v) is 1.78. The van der Waals surface area contributed by atoms with Crippen LogP contribution in [0.1, 0.15) is 12.0 Å². The maximum Gasteiger partial charge on any atom is 0.223 e. The molecule has 1 N–H and O–H groups in total. The van der Waals surface area contributed by atoms with Gasteiger partial charge < -0.3 is 10.2 Å². The van der Waals surface area contributed by atoms with Gasteiger partial charge in [-0.2, -0.15) is 0 Å². The standard InChI is InChI=1S/C11H16BrN3O/c1-8-6-9(12)11(14-7-8)13-5-4-10(16)15(2)3/h6-7H,4-5H2,1-3H3,(H,13,14). The van der Waals surface area contributed by atoms with Crippen molar-refractivity contribution in [2.45, 2.75) is 13.3 Å². The SMILES string of the molecule is Cc1cnc(NCCC(=O)N(C)C)c(Br)c1. The van der Waals surface area contributed by atoms with E-state index < -0.39 is 0 Å². The van der Waals surface area contributed by atoms with Crippen LogP contribution in [0, 0.1) is 6.92 Å². The Labute approximate surface area is 104 Å². The van der Waals surface area contributed by atoms with Gasteiger partial charge in [-0.05, 0) is 34.5 Å². The van der Waals surface area contributed by atoms with Gasteiger partial charge in [0.25, 0.3) is 0 Å². The summed E-state index contributed by atoms with van der Waals surface area (Å²) in [5, 5.41) is 3.12. The molecule has 0 unspecified atom stereocenters. The number of halogens is 1. The zero-order chi connectivity index (χ0) is 12.1. The van der Waals surface area contributed by atoms with Gasteiger partial charge >= 0.3 is 0 Å². The Bertz CT molecular complexity index is 379. The number of carbonyl (C=O) groups is 1. The van der Waals surface area contributed by atoms with E-state index in [-0.39, 0.29) is 5.91 Å². The van der Waals surface area contributed by atoms with Gasteiger partial charge in [0.05, 0.1) is 4.47 Å². The molecule has 0 aliphatic rings. The maximum absolute atomic E-state index is 11.3. The van der Waals surface area contributed by atoms with Gasteiger partial charge in [0.1, 0.15) is 5.82 Å². The zero-order valence-electron chi connectivity index (χ0n) is 9.75. The molecule has 1 rings (SSSR count). The molecule has 5 heteroatoms. The number of aromatic nitrogens is 1. The third kappa shape index (κ3) is 3.81. The van der Waals surface area contributed by atoms with Crippen molar-refractivity contribution in [3.8, 4) is 0 Å². The Kier molecular flexibility index (Phi) is 4.73. The number of anilines is 1. The molecule has 0 aliphatic heterocycles. The first-order valence-corrected chi connectivity index (χ1v) is 5.86. The van der Waals surface area contributed by atoms with Crippen molar-refractivity contribution in [2.24, 2.45) is 0 Å². The second-order valence-electron chi connectivity index (χ2n) is 3.81. The predicted octanol–water partition coefficient (Wildman–Crippen LogP) is 2.04. The van der Waals surface area contributed by atoms with Crippen molar-refractivity contribution < 1.29 is 4.79 Å². The molecule has 0 fully saturated rings. The Hall–Kier alpha value is -1.10. The molecule has 0 aliphatic carbocycles. The van der Waals surface area contributed by atoms with Crippen LogP contribution < -0.4 is 5.32 Å². The van der Waals surface area contributed by atoms with Gasteiger partial charge in [0.15, 0.2) is 0 Å². The molecule has 1 aromatic heterocycles. The summed E-state index contributed by atoms with van der Waals surface area (Å²) in [4.78, 5) is 17.1. The lowest BCUT2D eigenvalue weighted by Crippen LogP contribution is -2.24.